The molecule has 1 aliphatic carbocycles. The van der Waals surface area contributed by atoms with E-state index in [-0.39, 0.29) is 46.6 Å². The normalized spacial score (nSPS) is 15.5. The molecule has 1 aliphatic rings. The molecule has 5 nitrogen and oxygen atoms in total. The van der Waals surface area contributed by atoms with E-state index in [1.54, 1.807) is 6.07 Å². The molecule has 1 aromatic carbocycles. The number of benzene rings is 1. The van der Waals surface area contributed by atoms with E-state index in [9.17, 15) is 32.0 Å². The highest BCUT2D eigenvalue weighted by atomic mass is 19.3. The summed E-state index contributed by atoms with van der Waals surface area (Å²) in [5.41, 5.74) is -0.653. The van der Waals surface area contributed by atoms with Gasteiger partial charge < -0.3 is 5.32 Å². The Hall–Kier alpha value is -3.87. The fourth-order valence-corrected chi connectivity index (χ4v) is 4.04. The second kappa shape index (κ2) is 9.17. The maximum atomic E-state index is 14.6. The molecule has 0 spiro atoms. The molecule has 2 heterocycles. The highest BCUT2D eigenvalue weighted by Gasteiger charge is 2.37. The molecular formula is C24H17F5N4O. The molecule has 174 valence electrons. The number of nitrogens with zero attached hydrogens (tertiary/aromatic N) is 3. The van der Waals surface area contributed by atoms with Crippen LogP contribution in [-0.2, 0) is 0 Å². The highest BCUT2D eigenvalue weighted by molar-refractivity contribution is 6.07. The third-order valence-corrected chi connectivity index (χ3v) is 5.75. The van der Waals surface area contributed by atoms with Crippen LogP contribution in [0.1, 0.15) is 53.3 Å². The van der Waals surface area contributed by atoms with E-state index in [0.717, 1.165) is 30.5 Å². The van der Waals surface area contributed by atoms with Crippen molar-refractivity contribution in [3.63, 3.8) is 0 Å². The van der Waals surface area contributed by atoms with Crippen LogP contribution in [0.2, 0.25) is 0 Å². The number of rotatable bonds is 4. The molecule has 1 N–H and O–H groups in total. The van der Waals surface area contributed by atoms with Crippen LogP contribution >= 0.6 is 0 Å². The van der Waals surface area contributed by atoms with Crippen molar-refractivity contribution in [2.24, 2.45) is 0 Å². The Kier molecular flexibility index (Phi) is 6.28. The van der Waals surface area contributed by atoms with Gasteiger partial charge in [-0.25, -0.2) is 26.9 Å². The van der Waals surface area contributed by atoms with Crippen LogP contribution in [0.3, 0.4) is 0 Å². The van der Waals surface area contributed by atoms with Crippen LogP contribution < -0.4 is 5.32 Å². The molecule has 0 aliphatic heterocycles. The van der Waals surface area contributed by atoms with Gasteiger partial charge in [0.05, 0.1) is 23.1 Å². The van der Waals surface area contributed by atoms with E-state index in [1.807, 2.05) is 0 Å². The number of carbonyl (C=O) groups excluding carboxylic acids is 1. The molecular weight excluding hydrogens is 455 g/mol. The molecule has 0 radical (unpaired) electrons. The minimum absolute atomic E-state index is 0.0274. The smallest absolute Gasteiger partial charge is 0.258 e. The van der Waals surface area contributed by atoms with Gasteiger partial charge in [-0.3, -0.25) is 9.78 Å². The van der Waals surface area contributed by atoms with Crippen LogP contribution in [0.15, 0.2) is 42.7 Å². The van der Waals surface area contributed by atoms with Crippen molar-refractivity contribution in [2.45, 2.75) is 37.5 Å². The number of amides is 1. The Morgan fingerprint density at radius 3 is 2.47 bits per heavy atom. The molecule has 0 unspecified atom stereocenters. The lowest BCUT2D eigenvalue weighted by Crippen LogP contribution is -2.25. The third-order valence-electron chi connectivity index (χ3n) is 5.75. The first kappa shape index (κ1) is 23.3. The van der Waals surface area contributed by atoms with Crippen LogP contribution in [-0.4, -0.2) is 21.8 Å². The monoisotopic (exact) mass is 472 g/mol. The molecule has 0 atom stereocenters. The summed E-state index contributed by atoms with van der Waals surface area (Å²) in [6.07, 6.45) is 1.43. The van der Waals surface area contributed by atoms with Crippen molar-refractivity contribution in [1.82, 2.24) is 9.97 Å². The standard InChI is InChI=1S/C24H17F5N4O/c25-14-1-2-19(27)17(9-14)16-5-8-31-21(13-3-6-24(28,29)7-4-13)22(16)33-23(34)18-10-15(26)12-32-20(18)11-30/h1-2,5,8-10,12-13H,3-4,6-7H2,(H,33,34). The molecule has 1 fully saturated rings. The molecule has 4 rings (SSSR count). The number of alkyl halides is 2. The van der Waals surface area contributed by atoms with Crippen molar-refractivity contribution < 1.29 is 26.7 Å². The second-order valence-electron chi connectivity index (χ2n) is 7.99. The van der Waals surface area contributed by atoms with Gasteiger partial charge in [0.15, 0.2) is 5.69 Å². The zero-order chi connectivity index (χ0) is 24.5. The summed E-state index contributed by atoms with van der Waals surface area (Å²) >= 11 is 0. The molecule has 10 heteroatoms. The Labute approximate surface area is 191 Å². The van der Waals surface area contributed by atoms with E-state index in [0.29, 0.717) is 0 Å². The zero-order valence-corrected chi connectivity index (χ0v) is 17.6. The van der Waals surface area contributed by atoms with Crippen molar-refractivity contribution >= 4 is 11.6 Å². The molecule has 1 saturated carbocycles. The first-order chi connectivity index (χ1) is 16.2. The Balaban J connectivity index is 1.83. The van der Waals surface area contributed by atoms with Gasteiger partial charge in [0.1, 0.15) is 23.5 Å². The fourth-order valence-electron chi connectivity index (χ4n) is 4.04. The van der Waals surface area contributed by atoms with Crippen LogP contribution in [0.4, 0.5) is 27.6 Å². The summed E-state index contributed by atoms with van der Waals surface area (Å²) in [7, 11) is 0. The maximum absolute atomic E-state index is 14.6. The predicted molar refractivity (Wildman–Crippen MR) is 113 cm³/mol. The van der Waals surface area contributed by atoms with E-state index >= 15 is 0 Å². The number of hydrogen-bond acceptors (Lipinski definition) is 4. The zero-order valence-electron chi connectivity index (χ0n) is 17.6. The SMILES string of the molecule is N#Cc1ncc(F)cc1C(=O)Nc1c(-c2cc(F)ccc2F)ccnc1C1CCC(F)(F)CC1. The lowest BCUT2D eigenvalue weighted by molar-refractivity contribution is -0.0384. The average molecular weight is 472 g/mol. The number of halogens is 5. The second-order valence-corrected chi connectivity index (χ2v) is 7.99. The van der Waals surface area contributed by atoms with Crippen LogP contribution in [0, 0.1) is 28.8 Å². The topological polar surface area (TPSA) is 78.7 Å². The van der Waals surface area contributed by atoms with Crippen molar-refractivity contribution in [3.05, 3.63) is 77.1 Å². The summed E-state index contributed by atoms with van der Waals surface area (Å²) in [5, 5.41) is 11.8. The fraction of sp³-hybridized carbons (Fsp3) is 0.250. The van der Waals surface area contributed by atoms with E-state index in [1.165, 1.54) is 12.3 Å². The van der Waals surface area contributed by atoms with Gasteiger partial charge in [-0.1, -0.05) is 0 Å². The van der Waals surface area contributed by atoms with Gasteiger partial charge in [0, 0.05) is 36.1 Å². The Bertz CT molecular complexity index is 1300. The van der Waals surface area contributed by atoms with Gasteiger partial charge in [-0.15, -0.1) is 0 Å². The van der Waals surface area contributed by atoms with Crippen LogP contribution in [0.5, 0.6) is 0 Å². The number of anilines is 1. The molecule has 2 aromatic heterocycles. The number of carbonyl (C=O) groups is 1. The van der Waals surface area contributed by atoms with Crippen LogP contribution in [0.25, 0.3) is 11.1 Å². The Morgan fingerprint density at radius 1 is 1.03 bits per heavy atom. The first-order valence-corrected chi connectivity index (χ1v) is 10.4. The third kappa shape index (κ3) is 4.73. The molecule has 0 saturated heterocycles. The minimum atomic E-state index is -2.82. The van der Waals surface area contributed by atoms with E-state index < -0.39 is 48.0 Å². The summed E-state index contributed by atoms with van der Waals surface area (Å²) in [6, 6.07) is 6.65. The molecule has 34 heavy (non-hydrogen) atoms. The number of pyridine rings is 2. The first-order valence-electron chi connectivity index (χ1n) is 10.4. The average Bonchev–Trinajstić information content (AvgIpc) is 2.81. The Morgan fingerprint density at radius 2 is 1.76 bits per heavy atom. The predicted octanol–water partition coefficient (Wildman–Crippen LogP) is 5.98. The highest BCUT2D eigenvalue weighted by Crippen LogP contribution is 2.44. The van der Waals surface area contributed by atoms with Gasteiger partial charge in [-0.2, -0.15) is 5.26 Å². The van der Waals surface area contributed by atoms with Crippen molar-refractivity contribution in [2.75, 3.05) is 5.32 Å². The van der Waals surface area contributed by atoms with Gasteiger partial charge in [0.25, 0.3) is 5.91 Å². The maximum Gasteiger partial charge on any atom is 0.258 e. The van der Waals surface area contributed by atoms with Crippen molar-refractivity contribution in [1.29, 1.82) is 5.26 Å². The van der Waals surface area contributed by atoms with Crippen molar-refractivity contribution in [3.8, 4) is 17.2 Å². The van der Waals surface area contributed by atoms with Gasteiger partial charge in [-0.05, 0) is 43.2 Å². The number of hydrogen-bond donors (Lipinski definition) is 1. The number of aromatic nitrogens is 2. The minimum Gasteiger partial charge on any atom is -0.320 e. The number of nitrogens with one attached hydrogen (secondary N) is 1. The summed E-state index contributed by atoms with van der Waals surface area (Å²) in [4.78, 5) is 20.9. The summed E-state index contributed by atoms with van der Waals surface area (Å²) < 4.78 is 69.8. The van der Waals surface area contributed by atoms with Gasteiger partial charge >= 0.3 is 0 Å². The lowest BCUT2D eigenvalue weighted by Gasteiger charge is -2.29. The summed E-state index contributed by atoms with van der Waals surface area (Å²) in [6.45, 7) is 0. The quantitative estimate of drug-likeness (QED) is 0.474. The van der Waals surface area contributed by atoms with E-state index in [4.69, 9.17) is 0 Å². The lowest BCUT2D eigenvalue weighted by atomic mass is 9.83. The largest absolute Gasteiger partial charge is 0.320 e. The molecule has 1 amide bonds. The molecule has 0 bridgehead atoms. The van der Waals surface area contributed by atoms with Gasteiger partial charge in [0.2, 0.25) is 5.92 Å². The van der Waals surface area contributed by atoms with E-state index in [2.05, 4.69) is 15.3 Å². The summed E-state index contributed by atoms with van der Waals surface area (Å²) in [5.74, 6) is -6.62. The number of nitriles is 1. The molecule has 3 aromatic rings.